The molecule has 1 saturated carbocycles. The number of hydrogen-bond acceptors (Lipinski definition) is 0. The Morgan fingerprint density at radius 3 is 2.25 bits per heavy atom. The largest absolute Gasteiger partial charge is 0.0645 e. The van der Waals surface area contributed by atoms with E-state index in [1.54, 1.807) is 5.56 Å². The van der Waals surface area contributed by atoms with Crippen molar-refractivity contribution >= 4 is 0 Å². The van der Waals surface area contributed by atoms with Gasteiger partial charge in [0.1, 0.15) is 0 Å². The smallest absolute Gasteiger partial charge is 0.00496 e. The Kier molecular flexibility index (Phi) is 3.68. The summed E-state index contributed by atoms with van der Waals surface area (Å²) in [6, 6.07) is 11.1. The van der Waals surface area contributed by atoms with Gasteiger partial charge in [-0.1, -0.05) is 63.4 Å². The van der Waals surface area contributed by atoms with Crippen LogP contribution in [0.15, 0.2) is 30.3 Å². The molecule has 0 N–H and O–H groups in total. The lowest BCUT2D eigenvalue weighted by atomic mass is 9.65. The van der Waals surface area contributed by atoms with Gasteiger partial charge >= 0.3 is 0 Å². The van der Waals surface area contributed by atoms with Crippen LogP contribution in [0, 0.1) is 5.92 Å². The highest BCUT2D eigenvalue weighted by atomic mass is 14.4. The summed E-state index contributed by atoms with van der Waals surface area (Å²) in [6.45, 7) is 4.82. The molecule has 1 aliphatic rings. The molecule has 0 saturated heterocycles. The third-order valence-electron chi connectivity index (χ3n) is 4.67. The summed E-state index contributed by atoms with van der Waals surface area (Å²) in [4.78, 5) is 0. The first-order chi connectivity index (χ1) is 7.77. The maximum Gasteiger partial charge on any atom is -0.00496 e. The van der Waals surface area contributed by atoms with Crippen LogP contribution in [0.2, 0.25) is 0 Å². The lowest BCUT2D eigenvalue weighted by Gasteiger charge is -2.40. The fourth-order valence-corrected chi connectivity index (χ4v) is 3.29. The summed E-state index contributed by atoms with van der Waals surface area (Å²) in [7, 11) is 0. The Balaban J connectivity index is 2.24. The zero-order valence-electron chi connectivity index (χ0n) is 10.7. The van der Waals surface area contributed by atoms with Crippen LogP contribution < -0.4 is 0 Å². The molecule has 1 fully saturated rings. The molecule has 1 aromatic rings. The maximum absolute atomic E-state index is 2.47. The molecule has 16 heavy (non-hydrogen) atoms. The van der Waals surface area contributed by atoms with Crippen molar-refractivity contribution in [1.82, 2.24) is 0 Å². The number of hydrogen-bond donors (Lipinski definition) is 0. The van der Waals surface area contributed by atoms with E-state index < -0.39 is 0 Å². The van der Waals surface area contributed by atoms with Gasteiger partial charge < -0.3 is 0 Å². The van der Waals surface area contributed by atoms with Crippen molar-refractivity contribution < 1.29 is 0 Å². The topological polar surface area (TPSA) is 0 Å². The van der Waals surface area contributed by atoms with E-state index in [2.05, 4.69) is 44.2 Å². The van der Waals surface area contributed by atoms with Gasteiger partial charge in [-0.05, 0) is 36.2 Å². The highest BCUT2D eigenvalue weighted by Gasteiger charge is 2.34. The van der Waals surface area contributed by atoms with Crippen molar-refractivity contribution in [2.24, 2.45) is 5.92 Å². The van der Waals surface area contributed by atoms with Crippen LogP contribution in [0.3, 0.4) is 0 Å². The van der Waals surface area contributed by atoms with E-state index in [0.29, 0.717) is 5.41 Å². The number of rotatable bonds is 3. The van der Waals surface area contributed by atoms with Crippen molar-refractivity contribution in [3.05, 3.63) is 35.9 Å². The SMILES string of the molecule is CCC(C)(c1ccccc1)C1CCCCC1. The first kappa shape index (κ1) is 11.7. The lowest BCUT2D eigenvalue weighted by molar-refractivity contribution is 0.212. The van der Waals surface area contributed by atoms with Crippen LogP contribution in [-0.4, -0.2) is 0 Å². The Morgan fingerprint density at radius 1 is 1.06 bits per heavy atom. The van der Waals surface area contributed by atoms with E-state index in [-0.39, 0.29) is 0 Å². The molecule has 0 aromatic heterocycles. The molecule has 1 aliphatic carbocycles. The Morgan fingerprint density at radius 2 is 1.69 bits per heavy atom. The fourth-order valence-electron chi connectivity index (χ4n) is 3.29. The van der Waals surface area contributed by atoms with Crippen molar-refractivity contribution in [3.8, 4) is 0 Å². The molecule has 0 radical (unpaired) electrons. The second-order valence-corrected chi connectivity index (χ2v) is 5.47. The number of benzene rings is 1. The van der Waals surface area contributed by atoms with Gasteiger partial charge in [-0.3, -0.25) is 0 Å². The molecule has 1 atom stereocenters. The molecule has 2 rings (SSSR count). The highest BCUT2D eigenvalue weighted by molar-refractivity contribution is 5.25. The molecular formula is C16H24. The molecule has 0 aliphatic heterocycles. The molecule has 0 heteroatoms. The first-order valence-electron chi connectivity index (χ1n) is 6.83. The van der Waals surface area contributed by atoms with Gasteiger partial charge in [0.15, 0.2) is 0 Å². The molecular weight excluding hydrogens is 192 g/mol. The monoisotopic (exact) mass is 216 g/mol. The molecule has 0 spiro atoms. The van der Waals surface area contributed by atoms with Gasteiger partial charge in [0.25, 0.3) is 0 Å². The third-order valence-corrected chi connectivity index (χ3v) is 4.67. The van der Waals surface area contributed by atoms with Crippen LogP contribution >= 0.6 is 0 Å². The average molecular weight is 216 g/mol. The van der Waals surface area contributed by atoms with Gasteiger partial charge in [-0.15, -0.1) is 0 Å². The van der Waals surface area contributed by atoms with Gasteiger partial charge in [0.05, 0.1) is 0 Å². The van der Waals surface area contributed by atoms with Gasteiger partial charge in [0.2, 0.25) is 0 Å². The maximum atomic E-state index is 2.47. The predicted octanol–water partition coefficient (Wildman–Crippen LogP) is 4.93. The zero-order valence-corrected chi connectivity index (χ0v) is 10.7. The second-order valence-electron chi connectivity index (χ2n) is 5.47. The molecule has 1 unspecified atom stereocenters. The van der Waals surface area contributed by atoms with E-state index in [1.165, 1.54) is 38.5 Å². The summed E-state index contributed by atoms with van der Waals surface area (Å²) < 4.78 is 0. The van der Waals surface area contributed by atoms with E-state index in [1.807, 2.05) is 0 Å². The van der Waals surface area contributed by atoms with Crippen LogP contribution in [0.4, 0.5) is 0 Å². The normalized spacial score (nSPS) is 21.6. The quantitative estimate of drug-likeness (QED) is 0.671. The summed E-state index contributed by atoms with van der Waals surface area (Å²) in [5, 5.41) is 0. The average Bonchev–Trinajstić information content (AvgIpc) is 2.40. The Hall–Kier alpha value is -0.780. The van der Waals surface area contributed by atoms with Crippen LogP contribution in [0.5, 0.6) is 0 Å². The molecule has 1 aromatic carbocycles. The Bertz CT molecular complexity index is 308. The molecule has 0 amide bonds. The van der Waals surface area contributed by atoms with Gasteiger partial charge in [-0.2, -0.15) is 0 Å². The summed E-state index contributed by atoms with van der Waals surface area (Å²) in [5.41, 5.74) is 1.95. The molecule has 0 bridgehead atoms. The highest BCUT2D eigenvalue weighted by Crippen LogP contribution is 2.42. The van der Waals surface area contributed by atoms with Crippen molar-refractivity contribution in [2.45, 2.75) is 57.8 Å². The van der Waals surface area contributed by atoms with Crippen LogP contribution in [0.25, 0.3) is 0 Å². The molecule has 88 valence electrons. The minimum absolute atomic E-state index is 0.404. The van der Waals surface area contributed by atoms with Crippen molar-refractivity contribution in [3.63, 3.8) is 0 Å². The minimum atomic E-state index is 0.404. The van der Waals surface area contributed by atoms with Crippen LogP contribution in [0.1, 0.15) is 57.9 Å². The van der Waals surface area contributed by atoms with Crippen molar-refractivity contribution in [2.75, 3.05) is 0 Å². The van der Waals surface area contributed by atoms with Crippen molar-refractivity contribution in [1.29, 1.82) is 0 Å². The van der Waals surface area contributed by atoms with E-state index in [4.69, 9.17) is 0 Å². The molecule has 0 heterocycles. The van der Waals surface area contributed by atoms with E-state index in [0.717, 1.165) is 5.92 Å². The Labute approximate surface area is 100 Å². The van der Waals surface area contributed by atoms with E-state index in [9.17, 15) is 0 Å². The second kappa shape index (κ2) is 5.03. The predicted molar refractivity (Wildman–Crippen MR) is 70.7 cm³/mol. The standard InChI is InChI=1S/C16H24/c1-3-16(2,14-10-6-4-7-11-14)15-12-8-5-9-13-15/h4,6-7,10-11,15H,3,5,8-9,12-13H2,1-2H3. The van der Waals surface area contributed by atoms with Gasteiger partial charge in [-0.25, -0.2) is 0 Å². The fraction of sp³-hybridized carbons (Fsp3) is 0.625. The third kappa shape index (κ3) is 2.16. The first-order valence-corrected chi connectivity index (χ1v) is 6.83. The summed E-state index contributed by atoms with van der Waals surface area (Å²) >= 11 is 0. The van der Waals surface area contributed by atoms with Crippen LogP contribution in [-0.2, 0) is 5.41 Å². The van der Waals surface area contributed by atoms with Gasteiger partial charge in [0, 0.05) is 0 Å². The molecule has 0 nitrogen and oxygen atoms in total. The minimum Gasteiger partial charge on any atom is -0.0645 e. The summed E-state index contributed by atoms with van der Waals surface area (Å²) in [6.07, 6.45) is 8.45. The zero-order chi connectivity index (χ0) is 11.4. The summed E-state index contributed by atoms with van der Waals surface area (Å²) in [5.74, 6) is 0.897. The van der Waals surface area contributed by atoms with E-state index >= 15 is 0 Å². The lowest BCUT2D eigenvalue weighted by Crippen LogP contribution is -2.32.